The van der Waals surface area contributed by atoms with E-state index in [1.54, 1.807) is 0 Å². The largest absolute Gasteiger partial charge is 0.356 e. The average molecular weight is 187 g/mol. The summed E-state index contributed by atoms with van der Waals surface area (Å²) in [4.78, 5) is 7.70. The molecular formula is C11H13N3. The third kappa shape index (κ3) is 1.45. The van der Waals surface area contributed by atoms with Crippen molar-refractivity contribution in [1.29, 1.82) is 0 Å². The van der Waals surface area contributed by atoms with E-state index >= 15 is 0 Å². The lowest BCUT2D eigenvalue weighted by atomic mass is 10.3. The lowest BCUT2D eigenvalue weighted by Gasteiger charge is -1.98. The summed E-state index contributed by atoms with van der Waals surface area (Å²) >= 11 is 0. The first kappa shape index (κ1) is 7.85. The van der Waals surface area contributed by atoms with E-state index in [1.165, 1.54) is 12.8 Å². The minimum atomic E-state index is 0.878. The van der Waals surface area contributed by atoms with Gasteiger partial charge in [0.15, 0.2) is 0 Å². The van der Waals surface area contributed by atoms with E-state index in [4.69, 9.17) is 0 Å². The molecular weight excluding hydrogens is 174 g/mol. The SMILES string of the molecule is c1ccc2[nH]c(NCC3CC3)nc2c1. The summed E-state index contributed by atoms with van der Waals surface area (Å²) in [7, 11) is 0. The molecule has 1 heterocycles. The fourth-order valence-electron chi connectivity index (χ4n) is 1.60. The molecule has 3 rings (SSSR count). The topological polar surface area (TPSA) is 40.7 Å². The van der Waals surface area contributed by atoms with Crippen LogP contribution in [0, 0.1) is 5.92 Å². The van der Waals surface area contributed by atoms with Crippen molar-refractivity contribution in [3.8, 4) is 0 Å². The Morgan fingerprint density at radius 2 is 2.21 bits per heavy atom. The van der Waals surface area contributed by atoms with Crippen LogP contribution in [0.1, 0.15) is 12.8 Å². The first-order chi connectivity index (χ1) is 6.92. The van der Waals surface area contributed by atoms with Crippen LogP contribution in [0.15, 0.2) is 24.3 Å². The first-order valence-electron chi connectivity index (χ1n) is 5.10. The Kier molecular flexibility index (Phi) is 1.69. The maximum atomic E-state index is 4.45. The Labute approximate surface area is 82.5 Å². The van der Waals surface area contributed by atoms with Crippen LogP contribution in [-0.2, 0) is 0 Å². The molecule has 2 aromatic rings. The molecule has 72 valence electrons. The summed E-state index contributed by atoms with van der Waals surface area (Å²) in [6, 6.07) is 8.10. The second-order valence-corrected chi connectivity index (χ2v) is 3.93. The fourth-order valence-corrected chi connectivity index (χ4v) is 1.60. The Bertz CT molecular complexity index is 409. The lowest BCUT2D eigenvalue weighted by molar-refractivity contribution is 0.879. The van der Waals surface area contributed by atoms with Gasteiger partial charge in [0.2, 0.25) is 5.95 Å². The molecule has 3 heteroatoms. The van der Waals surface area contributed by atoms with Crippen LogP contribution < -0.4 is 5.32 Å². The van der Waals surface area contributed by atoms with Crippen molar-refractivity contribution in [2.45, 2.75) is 12.8 Å². The van der Waals surface area contributed by atoms with Crippen molar-refractivity contribution in [3.63, 3.8) is 0 Å². The summed E-state index contributed by atoms with van der Waals surface area (Å²) in [5.41, 5.74) is 2.14. The summed E-state index contributed by atoms with van der Waals surface area (Å²) < 4.78 is 0. The van der Waals surface area contributed by atoms with Gasteiger partial charge in [0.05, 0.1) is 11.0 Å². The Balaban J connectivity index is 1.82. The minimum Gasteiger partial charge on any atom is -0.356 e. The Hall–Kier alpha value is -1.51. The molecule has 1 aliphatic rings. The molecule has 1 aromatic carbocycles. The maximum absolute atomic E-state index is 4.45. The highest BCUT2D eigenvalue weighted by atomic mass is 15.1. The number of H-pyrrole nitrogens is 1. The third-order valence-corrected chi connectivity index (χ3v) is 2.64. The van der Waals surface area contributed by atoms with Crippen molar-refractivity contribution >= 4 is 17.0 Å². The summed E-state index contributed by atoms with van der Waals surface area (Å²) in [5, 5.41) is 3.33. The van der Waals surface area contributed by atoms with E-state index in [1.807, 2.05) is 24.3 Å². The number of para-hydroxylation sites is 2. The third-order valence-electron chi connectivity index (χ3n) is 2.64. The highest BCUT2D eigenvalue weighted by molar-refractivity contribution is 5.77. The molecule has 0 spiro atoms. The number of benzene rings is 1. The zero-order valence-electron chi connectivity index (χ0n) is 7.96. The number of aromatic nitrogens is 2. The molecule has 0 radical (unpaired) electrons. The molecule has 2 N–H and O–H groups in total. The monoisotopic (exact) mass is 187 g/mol. The second-order valence-electron chi connectivity index (χ2n) is 3.93. The normalized spacial score (nSPS) is 16.0. The number of hydrogen-bond acceptors (Lipinski definition) is 2. The van der Waals surface area contributed by atoms with Gasteiger partial charge in [0.1, 0.15) is 0 Å². The smallest absolute Gasteiger partial charge is 0.201 e. The molecule has 14 heavy (non-hydrogen) atoms. The molecule has 1 saturated carbocycles. The van der Waals surface area contributed by atoms with Crippen molar-refractivity contribution in [2.24, 2.45) is 5.92 Å². The van der Waals surface area contributed by atoms with E-state index in [9.17, 15) is 0 Å². The molecule has 0 bridgehead atoms. The van der Waals surface area contributed by atoms with Crippen molar-refractivity contribution in [2.75, 3.05) is 11.9 Å². The Morgan fingerprint density at radius 3 is 3.00 bits per heavy atom. The number of fused-ring (bicyclic) bond motifs is 1. The standard InChI is InChI=1S/C11H13N3/c1-2-4-10-9(3-1)13-11(14-10)12-7-8-5-6-8/h1-4,8H,5-7H2,(H2,12,13,14). The van der Waals surface area contributed by atoms with Gasteiger partial charge in [0, 0.05) is 6.54 Å². The number of anilines is 1. The molecule has 1 aliphatic carbocycles. The number of nitrogens with zero attached hydrogens (tertiary/aromatic N) is 1. The quantitative estimate of drug-likeness (QED) is 0.774. The van der Waals surface area contributed by atoms with E-state index in [2.05, 4.69) is 15.3 Å². The van der Waals surface area contributed by atoms with Crippen LogP contribution in [0.25, 0.3) is 11.0 Å². The number of hydrogen-bond donors (Lipinski definition) is 2. The molecule has 0 aliphatic heterocycles. The lowest BCUT2D eigenvalue weighted by Crippen LogP contribution is -2.04. The van der Waals surface area contributed by atoms with E-state index in [0.717, 1.165) is 29.4 Å². The predicted molar refractivity (Wildman–Crippen MR) is 57.3 cm³/mol. The van der Waals surface area contributed by atoms with Crippen LogP contribution in [-0.4, -0.2) is 16.5 Å². The first-order valence-corrected chi connectivity index (χ1v) is 5.10. The molecule has 3 nitrogen and oxygen atoms in total. The number of aromatic amines is 1. The van der Waals surface area contributed by atoms with Crippen LogP contribution in [0.3, 0.4) is 0 Å². The van der Waals surface area contributed by atoms with Crippen molar-refractivity contribution in [1.82, 2.24) is 9.97 Å². The summed E-state index contributed by atoms with van der Waals surface area (Å²) in [5.74, 6) is 1.78. The molecule has 1 aromatic heterocycles. The Morgan fingerprint density at radius 1 is 1.36 bits per heavy atom. The molecule has 1 fully saturated rings. The molecule has 0 atom stereocenters. The zero-order chi connectivity index (χ0) is 9.38. The average Bonchev–Trinajstić information content (AvgIpc) is 2.94. The van der Waals surface area contributed by atoms with Gasteiger partial charge in [-0.05, 0) is 30.9 Å². The van der Waals surface area contributed by atoms with Crippen LogP contribution in [0.2, 0.25) is 0 Å². The number of imidazole rings is 1. The summed E-state index contributed by atoms with van der Waals surface area (Å²) in [6.45, 7) is 1.06. The zero-order valence-corrected chi connectivity index (χ0v) is 7.96. The number of rotatable bonds is 3. The highest BCUT2D eigenvalue weighted by Gasteiger charge is 2.20. The molecule has 0 amide bonds. The van der Waals surface area contributed by atoms with Gasteiger partial charge >= 0.3 is 0 Å². The van der Waals surface area contributed by atoms with Gasteiger partial charge < -0.3 is 10.3 Å². The van der Waals surface area contributed by atoms with Gasteiger partial charge in [-0.25, -0.2) is 4.98 Å². The van der Waals surface area contributed by atoms with Crippen LogP contribution in [0.4, 0.5) is 5.95 Å². The molecule has 0 unspecified atom stereocenters. The van der Waals surface area contributed by atoms with Crippen LogP contribution >= 0.6 is 0 Å². The van der Waals surface area contributed by atoms with Crippen molar-refractivity contribution < 1.29 is 0 Å². The van der Waals surface area contributed by atoms with Gasteiger partial charge in [-0.2, -0.15) is 0 Å². The summed E-state index contributed by atoms with van der Waals surface area (Å²) in [6.07, 6.45) is 2.74. The van der Waals surface area contributed by atoms with Gasteiger partial charge in [0.25, 0.3) is 0 Å². The van der Waals surface area contributed by atoms with Gasteiger partial charge in [-0.1, -0.05) is 12.1 Å². The maximum Gasteiger partial charge on any atom is 0.201 e. The van der Waals surface area contributed by atoms with E-state index < -0.39 is 0 Å². The minimum absolute atomic E-state index is 0.878. The van der Waals surface area contributed by atoms with E-state index in [0.29, 0.717) is 0 Å². The highest BCUT2D eigenvalue weighted by Crippen LogP contribution is 2.28. The van der Waals surface area contributed by atoms with Crippen molar-refractivity contribution in [3.05, 3.63) is 24.3 Å². The fraction of sp³-hybridized carbons (Fsp3) is 0.364. The molecule has 0 saturated heterocycles. The number of nitrogens with one attached hydrogen (secondary N) is 2. The van der Waals surface area contributed by atoms with E-state index in [-0.39, 0.29) is 0 Å². The van der Waals surface area contributed by atoms with Crippen LogP contribution in [0.5, 0.6) is 0 Å². The second kappa shape index (κ2) is 3.01. The predicted octanol–water partition coefficient (Wildman–Crippen LogP) is 2.38. The van der Waals surface area contributed by atoms with Gasteiger partial charge in [-0.15, -0.1) is 0 Å². The van der Waals surface area contributed by atoms with Gasteiger partial charge in [-0.3, -0.25) is 0 Å².